The van der Waals surface area contributed by atoms with E-state index in [9.17, 15) is 4.21 Å². The Labute approximate surface area is 119 Å². The highest BCUT2D eigenvalue weighted by molar-refractivity contribution is 7.85. The van der Waals surface area contributed by atoms with Crippen molar-refractivity contribution in [2.24, 2.45) is 5.92 Å². The van der Waals surface area contributed by atoms with Crippen molar-refractivity contribution in [1.82, 2.24) is 5.32 Å². The predicted molar refractivity (Wildman–Crippen MR) is 81.9 cm³/mol. The fourth-order valence-corrected chi connectivity index (χ4v) is 4.46. The molecule has 1 aromatic rings. The molecule has 19 heavy (non-hydrogen) atoms. The van der Waals surface area contributed by atoms with Crippen LogP contribution in [0.2, 0.25) is 0 Å². The van der Waals surface area contributed by atoms with E-state index in [1.54, 1.807) is 0 Å². The number of rotatable bonds is 6. The van der Waals surface area contributed by atoms with Crippen molar-refractivity contribution in [2.75, 3.05) is 12.3 Å². The van der Waals surface area contributed by atoms with E-state index in [1.807, 2.05) is 18.2 Å². The van der Waals surface area contributed by atoms with Crippen LogP contribution in [0.1, 0.15) is 38.2 Å². The molecule has 0 aromatic heterocycles. The minimum absolute atomic E-state index is 0.411. The van der Waals surface area contributed by atoms with Gasteiger partial charge in [0, 0.05) is 16.7 Å². The van der Waals surface area contributed by atoms with Gasteiger partial charge in [0.25, 0.3) is 0 Å². The second-order valence-electron chi connectivity index (χ2n) is 5.54. The Kier molecular flexibility index (Phi) is 5.59. The Morgan fingerprint density at radius 2 is 2.11 bits per heavy atom. The van der Waals surface area contributed by atoms with Gasteiger partial charge in [0.05, 0.1) is 10.8 Å². The normalized spacial score (nSPS) is 19.5. The summed E-state index contributed by atoms with van der Waals surface area (Å²) in [7, 11) is -0.884. The van der Waals surface area contributed by atoms with Crippen LogP contribution in [0, 0.1) is 12.8 Å². The fourth-order valence-electron chi connectivity index (χ4n) is 3.00. The molecule has 1 fully saturated rings. The van der Waals surface area contributed by atoms with Crippen LogP contribution >= 0.6 is 0 Å². The molecule has 0 bridgehead atoms. The number of benzene rings is 1. The predicted octanol–water partition coefficient (Wildman–Crippen LogP) is 3.27. The summed E-state index contributed by atoms with van der Waals surface area (Å²) in [6.45, 7) is 5.16. The maximum absolute atomic E-state index is 12.5. The molecule has 0 amide bonds. The lowest BCUT2D eigenvalue weighted by atomic mass is 10.00. The van der Waals surface area contributed by atoms with E-state index in [0.717, 1.165) is 17.2 Å². The first-order valence-electron chi connectivity index (χ1n) is 7.39. The molecular weight excluding hydrogens is 254 g/mol. The van der Waals surface area contributed by atoms with Crippen LogP contribution in [-0.4, -0.2) is 22.5 Å². The highest BCUT2D eigenvalue weighted by Gasteiger charge is 2.26. The van der Waals surface area contributed by atoms with Gasteiger partial charge in [-0.25, -0.2) is 0 Å². The third kappa shape index (κ3) is 4.15. The van der Waals surface area contributed by atoms with Gasteiger partial charge in [0.1, 0.15) is 0 Å². The van der Waals surface area contributed by atoms with Gasteiger partial charge in [0.15, 0.2) is 0 Å². The van der Waals surface area contributed by atoms with Gasteiger partial charge >= 0.3 is 0 Å². The average Bonchev–Trinajstić information content (AvgIpc) is 2.92. The Morgan fingerprint density at radius 3 is 2.74 bits per heavy atom. The maximum atomic E-state index is 12.5. The van der Waals surface area contributed by atoms with Gasteiger partial charge in [-0.2, -0.15) is 0 Å². The molecule has 2 nitrogen and oxygen atoms in total. The van der Waals surface area contributed by atoms with Gasteiger partial charge in [0.2, 0.25) is 0 Å². The molecule has 106 valence electrons. The zero-order valence-electron chi connectivity index (χ0n) is 12.0. The molecule has 2 atom stereocenters. The second-order valence-corrected chi connectivity index (χ2v) is 7.03. The second kappa shape index (κ2) is 7.20. The Morgan fingerprint density at radius 1 is 1.37 bits per heavy atom. The topological polar surface area (TPSA) is 29.1 Å². The molecule has 1 N–H and O–H groups in total. The average molecular weight is 279 g/mol. The van der Waals surface area contributed by atoms with Crippen molar-refractivity contribution in [2.45, 2.75) is 50.5 Å². The van der Waals surface area contributed by atoms with Crippen LogP contribution < -0.4 is 5.32 Å². The van der Waals surface area contributed by atoms with Gasteiger partial charge in [-0.15, -0.1) is 0 Å². The minimum atomic E-state index is -0.884. The lowest BCUT2D eigenvalue weighted by Gasteiger charge is -2.23. The molecule has 3 heteroatoms. The number of hydrogen-bond donors (Lipinski definition) is 1. The molecule has 1 aliphatic carbocycles. The van der Waals surface area contributed by atoms with Crippen LogP contribution in [0.15, 0.2) is 29.2 Å². The van der Waals surface area contributed by atoms with Crippen LogP contribution in [0.4, 0.5) is 0 Å². The van der Waals surface area contributed by atoms with Gasteiger partial charge in [-0.3, -0.25) is 4.21 Å². The van der Waals surface area contributed by atoms with E-state index in [-0.39, 0.29) is 0 Å². The minimum Gasteiger partial charge on any atom is -0.313 e. The summed E-state index contributed by atoms with van der Waals surface area (Å²) in [6, 6.07) is 8.50. The maximum Gasteiger partial charge on any atom is 0.0545 e. The zero-order valence-corrected chi connectivity index (χ0v) is 12.8. The van der Waals surface area contributed by atoms with E-state index in [0.29, 0.717) is 12.0 Å². The molecule has 0 radical (unpaired) electrons. The van der Waals surface area contributed by atoms with Crippen LogP contribution in [0.3, 0.4) is 0 Å². The van der Waals surface area contributed by atoms with Gasteiger partial charge < -0.3 is 5.32 Å². The summed E-state index contributed by atoms with van der Waals surface area (Å²) in [5.41, 5.74) is 1.19. The van der Waals surface area contributed by atoms with Crippen molar-refractivity contribution in [3.05, 3.63) is 29.8 Å². The third-order valence-corrected chi connectivity index (χ3v) is 5.46. The smallest absolute Gasteiger partial charge is 0.0545 e. The molecule has 1 aliphatic rings. The highest BCUT2D eigenvalue weighted by atomic mass is 32.2. The molecular formula is C16H25NOS. The van der Waals surface area contributed by atoms with Crippen molar-refractivity contribution in [1.29, 1.82) is 0 Å². The van der Waals surface area contributed by atoms with Crippen molar-refractivity contribution in [3.8, 4) is 0 Å². The monoisotopic (exact) mass is 279 g/mol. The highest BCUT2D eigenvalue weighted by Crippen LogP contribution is 2.28. The quantitative estimate of drug-likeness (QED) is 0.866. The number of hydrogen-bond acceptors (Lipinski definition) is 2. The Hall–Kier alpha value is -0.670. The van der Waals surface area contributed by atoms with Crippen LogP contribution in [0.5, 0.6) is 0 Å². The van der Waals surface area contributed by atoms with E-state index in [2.05, 4.69) is 25.2 Å². The van der Waals surface area contributed by atoms with Crippen LogP contribution in [-0.2, 0) is 10.8 Å². The summed E-state index contributed by atoms with van der Waals surface area (Å²) < 4.78 is 12.5. The molecule has 1 saturated carbocycles. The summed E-state index contributed by atoms with van der Waals surface area (Å²) in [6.07, 6.45) is 5.26. The summed E-state index contributed by atoms with van der Waals surface area (Å²) >= 11 is 0. The number of nitrogens with one attached hydrogen (secondary N) is 1. The standard InChI is InChI=1S/C16H25NOS/c1-3-17-16(14-8-4-5-9-14)12-19(18)15-10-6-7-13(2)11-15/h6-7,10-11,14,16-17H,3-5,8-9,12H2,1-2H3. The molecule has 2 unspecified atom stereocenters. The van der Waals surface area contributed by atoms with Crippen LogP contribution in [0.25, 0.3) is 0 Å². The van der Waals surface area contributed by atoms with Crippen molar-refractivity contribution >= 4 is 10.8 Å². The lowest BCUT2D eigenvalue weighted by molar-refractivity contribution is 0.392. The number of aryl methyl sites for hydroxylation is 1. The molecule has 0 spiro atoms. The first-order chi connectivity index (χ1) is 9.20. The molecule has 0 heterocycles. The Balaban J connectivity index is 2.01. The van der Waals surface area contributed by atoms with Gasteiger partial charge in [-0.05, 0) is 49.9 Å². The van der Waals surface area contributed by atoms with Gasteiger partial charge in [-0.1, -0.05) is 31.9 Å². The fraction of sp³-hybridized carbons (Fsp3) is 0.625. The lowest BCUT2D eigenvalue weighted by Crippen LogP contribution is -2.39. The third-order valence-electron chi connectivity index (χ3n) is 4.02. The first kappa shape index (κ1) is 14.7. The van der Waals surface area contributed by atoms with E-state index in [1.165, 1.54) is 31.2 Å². The largest absolute Gasteiger partial charge is 0.313 e. The van der Waals surface area contributed by atoms with E-state index < -0.39 is 10.8 Å². The summed E-state index contributed by atoms with van der Waals surface area (Å²) in [4.78, 5) is 0.973. The van der Waals surface area contributed by atoms with Crippen molar-refractivity contribution < 1.29 is 4.21 Å². The van der Waals surface area contributed by atoms with Crippen molar-refractivity contribution in [3.63, 3.8) is 0 Å². The summed E-state index contributed by atoms with van der Waals surface area (Å²) in [5.74, 6) is 1.47. The zero-order chi connectivity index (χ0) is 13.7. The molecule has 1 aromatic carbocycles. The SMILES string of the molecule is CCNC(CS(=O)c1cccc(C)c1)C1CCCC1. The molecule has 0 aliphatic heterocycles. The van der Waals surface area contributed by atoms with E-state index >= 15 is 0 Å². The van der Waals surface area contributed by atoms with E-state index in [4.69, 9.17) is 0 Å². The Bertz CT molecular complexity index is 427. The summed E-state index contributed by atoms with van der Waals surface area (Å²) in [5, 5.41) is 3.55. The first-order valence-corrected chi connectivity index (χ1v) is 8.71. The molecule has 2 rings (SSSR count). The molecule has 0 saturated heterocycles.